The van der Waals surface area contributed by atoms with Crippen molar-refractivity contribution in [2.45, 2.75) is 32.0 Å². The number of rotatable bonds is 7. The Labute approximate surface area is 194 Å². The summed E-state index contributed by atoms with van der Waals surface area (Å²) in [5, 5.41) is 14.8. The van der Waals surface area contributed by atoms with Crippen LogP contribution in [0.25, 0.3) is 0 Å². The van der Waals surface area contributed by atoms with Crippen LogP contribution >= 0.6 is 27.7 Å². The number of anilines is 1. The predicted molar refractivity (Wildman–Crippen MR) is 126 cm³/mol. The molecule has 0 unspecified atom stereocenters. The zero-order chi connectivity index (χ0) is 22.5. The molecular formula is C22H24BrN5O2S. The average molecular weight is 502 g/mol. The number of benzene rings is 2. The minimum absolute atomic E-state index is 0.135. The molecule has 162 valence electrons. The van der Waals surface area contributed by atoms with E-state index in [1.165, 1.54) is 11.8 Å². The van der Waals surface area contributed by atoms with Gasteiger partial charge < -0.3 is 15.2 Å². The van der Waals surface area contributed by atoms with Crippen LogP contribution in [0.15, 0.2) is 52.1 Å². The predicted octanol–water partition coefficient (Wildman–Crippen LogP) is 4.42. The minimum atomic E-state index is -0.333. The molecule has 3 aromatic rings. The van der Waals surface area contributed by atoms with Gasteiger partial charge in [-0.15, -0.1) is 10.2 Å². The maximum absolute atomic E-state index is 12.4. The zero-order valence-electron chi connectivity index (χ0n) is 17.8. The highest BCUT2D eigenvalue weighted by atomic mass is 79.9. The van der Waals surface area contributed by atoms with Crippen LogP contribution in [0.1, 0.15) is 40.3 Å². The van der Waals surface area contributed by atoms with Gasteiger partial charge in [-0.3, -0.25) is 9.59 Å². The molecule has 2 amide bonds. The molecule has 7 nitrogen and oxygen atoms in total. The van der Waals surface area contributed by atoms with Crippen molar-refractivity contribution in [1.29, 1.82) is 0 Å². The van der Waals surface area contributed by atoms with E-state index >= 15 is 0 Å². The number of thioether (sulfide) groups is 1. The van der Waals surface area contributed by atoms with Gasteiger partial charge in [-0.1, -0.05) is 30.0 Å². The highest BCUT2D eigenvalue weighted by molar-refractivity contribution is 9.10. The lowest BCUT2D eigenvalue weighted by Gasteiger charge is -2.13. The molecule has 1 heterocycles. The van der Waals surface area contributed by atoms with Crippen molar-refractivity contribution in [1.82, 2.24) is 20.1 Å². The number of carbonyl (C=O) groups is 2. The number of amides is 2. The van der Waals surface area contributed by atoms with Crippen molar-refractivity contribution in [3.63, 3.8) is 0 Å². The van der Waals surface area contributed by atoms with Crippen molar-refractivity contribution in [3.05, 3.63) is 69.5 Å². The molecule has 0 aliphatic heterocycles. The number of nitrogens with one attached hydrogen (secondary N) is 2. The SMILES string of the molecule is Cc1cc(Br)c(NC(=O)CSc2nnc([C@H](C)NC(=O)c3ccccc3)n2C)cc1C. The van der Waals surface area contributed by atoms with Crippen LogP contribution in [0, 0.1) is 13.8 Å². The van der Waals surface area contributed by atoms with E-state index in [9.17, 15) is 9.59 Å². The first-order valence-corrected chi connectivity index (χ1v) is 11.5. The third-order valence-electron chi connectivity index (χ3n) is 4.83. The van der Waals surface area contributed by atoms with E-state index in [1.54, 1.807) is 16.7 Å². The smallest absolute Gasteiger partial charge is 0.251 e. The van der Waals surface area contributed by atoms with E-state index in [4.69, 9.17) is 0 Å². The molecule has 0 radical (unpaired) electrons. The van der Waals surface area contributed by atoms with E-state index in [1.807, 2.05) is 58.2 Å². The maximum Gasteiger partial charge on any atom is 0.251 e. The third-order valence-corrected chi connectivity index (χ3v) is 6.51. The summed E-state index contributed by atoms with van der Waals surface area (Å²) in [6, 6.07) is 12.6. The molecule has 0 bridgehead atoms. The second-order valence-corrected chi connectivity index (χ2v) is 9.01. The number of nitrogens with zero attached hydrogens (tertiary/aromatic N) is 3. The number of carbonyl (C=O) groups excluding carboxylic acids is 2. The lowest BCUT2D eigenvalue weighted by molar-refractivity contribution is -0.113. The number of halogens is 1. The molecule has 0 fully saturated rings. The monoisotopic (exact) mass is 501 g/mol. The minimum Gasteiger partial charge on any atom is -0.342 e. The van der Waals surface area contributed by atoms with E-state index < -0.39 is 0 Å². The van der Waals surface area contributed by atoms with Crippen molar-refractivity contribution in [3.8, 4) is 0 Å². The summed E-state index contributed by atoms with van der Waals surface area (Å²) in [4.78, 5) is 24.8. The molecule has 0 spiro atoms. The van der Waals surface area contributed by atoms with Gasteiger partial charge in [-0.25, -0.2) is 0 Å². The van der Waals surface area contributed by atoms with Crippen LogP contribution in [0.4, 0.5) is 5.69 Å². The highest BCUT2D eigenvalue weighted by Gasteiger charge is 2.19. The maximum atomic E-state index is 12.4. The second kappa shape index (κ2) is 10.1. The normalized spacial score (nSPS) is 11.8. The summed E-state index contributed by atoms with van der Waals surface area (Å²) in [6.45, 7) is 5.88. The van der Waals surface area contributed by atoms with Crippen molar-refractivity contribution < 1.29 is 9.59 Å². The largest absolute Gasteiger partial charge is 0.342 e. The molecule has 0 aliphatic carbocycles. The van der Waals surface area contributed by atoms with Gasteiger partial charge >= 0.3 is 0 Å². The Bertz CT molecular complexity index is 1100. The van der Waals surface area contributed by atoms with Gasteiger partial charge in [-0.05, 0) is 72.1 Å². The summed E-state index contributed by atoms with van der Waals surface area (Å²) in [5.74, 6) is 0.493. The first-order valence-electron chi connectivity index (χ1n) is 9.71. The molecule has 1 aromatic heterocycles. The van der Waals surface area contributed by atoms with Crippen LogP contribution in [-0.2, 0) is 11.8 Å². The summed E-state index contributed by atoms with van der Waals surface area (Å²) in [6.07, 6.45) is 0. The quantitative estimate of drug-likeness (QED) is 0.467. The Kier molecular flexibility index (Phi) is 7.50. The molecular weight excluding hydrogens is 478 g/mol. The summed E-state index contributed by atoms with van der Waals surface area (Å²) < 4.78 is 2.64. The Morgan fingerprint density at radius 2 is 1.81 bits per heavy atom. The molecule has 2 aromatic carbocycles. The van der Waals surface area contributed by atoms with Crippen LogP contribution < -0.4 is 10.6 Å². The molecule has 9 heteroatoms. The summed E-state index contributed by atoms with van der Waals surface area (Å²) >= 11 is 4.78. The van der Waals surface area contributed by atoms with Gasteiger partial charge in [0.25, 0.3) is 5.91 Å². The zero-order valence-corrected chi connectivity index (χ0v) is 20.2. The topological polar surface area (TPSA) is 88.9 Å². The van der Waals surface area contributed by atoms with E-state index in [0.717, 1.165) is 21.3 Å². The van der Waals surface area contributed by atoms with Crippen LogP contribution in [0.3, 0.4) is 0 Å². The molecule has 1 atom stereocenters. The first kappa shape index (κ1) is 23.0. The van der Waals surface area contributed by atoms with E-state index in [0.29, 0.717) is 16.5 Å². The Morgan fingerprint density at radius 1 is 1.13 bits per heavy atom. The summed E-state index contributed by atoms with van der Waals surface area (Å²) in [7, 11) is 1.82. The lowest BCUT2D eigenvalue weighted by Crippen LogP contribution is -2.28. The van der Waals surface area contributed by atoms with Gasteiger partial charge in [0.05, 0.1) is 17.5 Å². The van der Waals surface area contributed by atoms with E-state index in [2.05, 4.69) is 36.8 Å². The van der Waals surface area contributed by atoms with Crippen LogP contribution in [0.2, 0.25) is 0 Å². The Morgan fingerprint density at radius 3 is 2.52 bits per heavy atom. The molecule has 31 heavy (non-hydrogen) atoms. The van der Waals surface area contributed by atoms with Crippen molar-refractivity contribution in [2.75, 3.05) is 11.1 Å². The molecule has 0 aliphatic rings. The van der Waals surface area contributed by atoms with Gasteiger partial charge in [0.2, 0.25) is 5.91 Å². The molecule has 2 N–H and O–H groups in total. The van der Waals surface area contributed by atoms with Gasteiger partial charge in [0.1, 0.15) is 0 Å². The van der Waals surface area contributed by atoms with Crippen molar-refractivity contribution in [2.24, 2.45) is 7.05 Å². The number of aromatic nitrogens is 3. The number of hydrogen-bond donors (Lipinski definition) is 2. The summed E-state index contributed by atoms with van der Waals surface area (Å²) in [5.41, 5.74) is 3.58. The number of hydrogen-bond acceptors (Lipinski definition) is 5. The van der Waals surface area contributed by atoms with Gasteiger partial charge in [-0.2, -0.15) is 0 Å². The highest BCUT2D eigenvalue weighted by Crippen LogP contribution is 2.27. The molecule has 0 saturated carbocycles. The van der Waals surface area contributed by atoms with Crippen LogP contribution in [-0.4, -0.2) is 32.3 Å². The fourth-order valence-corrected chi connectivity index (χ4v) is 4.23. The fraction of sp³-hybridized carbons (Fsp3) is 0.273. The molecule has 0 saturated heterocycles. The average Bonchev–Trinajstić information content (AvgIpc) is 3.11. The molecule has 3 rings (SSSR count). The Balaban J connectivity index is 1.59. The number of aryl methyl sites for hydroxylation is 2. The first-order chi connectivity index (χ1) is 14.8. The van der Waals surface area contributed by atoms with Gasteiger partial charge in [0, 0.05) is 17.1 Å². The second-order valence-electron chi connectivity index (χ2n) is 7.21. The van der Waals surface area contributed by atoms with Gasteiger partial charge in [0.15, 0.2) is 11.0 Å². The standard InChI is InChI=1S/C22H24BrN5O2S/c1-13-10-17(23)18(11-14(13)2)25-19(29)12-31-22-27-26-20(28(22)4)15(3)24-21(30)16-8-6-5-7-9-16/h5-11,15H,12H2,1-4H3,(H,24,30)(H,25,29)/t15-/m0/s1. The third kappa shape index (κ3) is 5.74. The Hall–Kier alpha value is -2.65. The van der Waals surface area contributed by atoms with E-state index in [-0.39, 0.29) is 23.6 Å². The van der Waals surface area contributed by atoms with Crippen LogP contribution in [0.5, 0.6) is 0 Å². The van der Waals surface area contributed by atoms with Crippen molar-refractivity contribution >= 4 is 45.2 Å². The lowest BCUT2D eigenvalue weighted by atomic mass is 10.1. The fourth-order valence-electron chi connectivity index (χ4n) is 2.96.